The number of pyridine rings is 1. The molecule has 1 N–H and O–H groups in total. The van der Waals surface area contributed by atoms with Crippen LogP contribution in [0.25, 0.3) is 0 Å². The van der Waals surface area contributed by atoms with Gasteiger partial charge in [0.15, 0.2) is 0 Å². The molecule has 4 nitrogen and oxygen atoms in total. The van der Waals surface area contributed by atoms with Gasteiger partial charge in [0.05, 0.1) is 12.3 Å². The van der Waals surface area contributed by atoms with Crippen LogP contribution in [0, 0.1) is 6.92 Å². The topological polar surface area (TPSA) is 45.6 Å². The van der Waals surface area contributed by atoms with Crippen LogP contribution in [0.4, 0.5) is 0 Å². The zero-order valence-corrected chi connectivity index (χ0v) is 12.2. The molecule has 1 fully saturated rings. The van der Waals surface area contributed by atoms with Crippen molar-refractivity contribution in [3.05, 3.63) is 53.9 Å². The van der Waals surface area contributed by atoms with Gasteiger partial charge in [0, 0.05) is 25.8 Å². The van der Waals surface area contributed by atoms with E-state index < -0.39 is 0 Å². The summed E-state index contributed by atoms with van der Waals surface area (Å²) in [5, 5.41) is 9.57. The highest BCUT2D eigenvalue weighted by atomic mass is 16.5. The van der Waals surface area contributed by atoms with Gasteiger partial charge in [-0.1, -0.05) is 12.1 Å². The van der Waals surface area contributed by atoms with Crippen LogP contribution in [0.15, 0.2) is 42.7 Å². The van der Waals surface area contributed by atoms with Crippen molar-refractivity contribution in [2.45, 2.75) is 26.0 Å². The van der Waals surface area contributed by atoms with Crippen molar-refractivity contribution in [2.75, 3.05) is 13.1 Å². The highest BCUT2D eigenvalue weighted by molar-refractivity contribution is 5.39. The van der Waals surface area contributed by atoms with Crippen LogP contribution in [0.2, 0.25) is 0 Å². The smallest absolute Gasteiger partial charge is 0.145 e. The summed E-state index contributed by atoms with van der Waals surface area (Å²) < 4.78 is 5.84. The lowest BCUT2D eigenvalue weighted by Gasteiger charge is -2.16. The number of aromatic nitrogens is 1. The molecular formula is C17H20N2O2. The molecule has 0 saturated carbocycles. The minimum Gasteiger partial charge on any atom is -0.455 e. The summed E-state index contributed by atoms with van der Waals surface area (Å²) in [5.41, 5.74) is 2.36. The second kappa shape index (κ2) is 6.24. The highest BCUT2D eigenvalue weighted by Gasteiger charge is 2.20. The molecule has 0 unspecified atom stereocenters. The number of hydrogen-bond acceptors (Lipinski definition) is 4. The molecular weight excluding hydrogens is 264 g/mol. The van der Waals surface area contributed by atoms with Gasteiger partial charge in [0.25, 0.3) is 0 Å². The highest BCUT2D eigenvalue weighted by Crippen LogP contribution is 2.26. The molecule has 21 heavy (non-hydrogen) atoms. The van der Waals surface area contributed by atoms with Crippen LogP contribution < -0.4 is 4.74 Å². The third kappa shape index (κ3) is 3.60. The number of ether oxygens (including phenoxy) is 1. The van der Waals surface area contributed by atoms with Crippen molar-refractivity contribution in [3.63, 3.8) is 0 Å². The first-order valence-corrected chi connectivity index (χ1v) is 7.28. The third-order valence-corrected chi connectivity index (χ3v) is 3.76. The molecule has 110 valence electrons. The van der Waals surface area contributed by atoms with Crippen LogP contribution in [-0.4, -0.2) is 34.2 Å². The SMILES string of the molecule is Cc1cc(CN2CC[C@H](O)C2)ccc1Oc1cccnc1. The summed E-state index contributed by atoms with van der Waals surface area (Å²) >= 11 is 0. The van der Waals surface area contributed by atoms with Crippen LogP contribution in [-0.2, 0) is 6.54 Å². The molecule has 1 aromatic carbocycles. The van der Waals surface area contributed by atoms with Crippen molar-refractivity contribution < 1.29 is 9.84 Å². The number of rotatable bonds is 4. The quantitative estimate of drug-likeness (QED) is 0.937. The number of β-amino-alcohol motifs (C(OH)–C–C–N with tert-alkyl or cyclic N) is 1. The molecule has 0 bridgehead atoms. The molecule has 1 aliphatic rings. The Morgan fingerprint density at radius 3 is 2.95 bits per heavy atom. The first-order chi connectivity index (χ1) is 10.2. The number of aliphatic hydroxyl groups is 1. The number of aliphatic hydroxyl groups excluding tert-OH is 1. The maximum Gasteiger partial charge on any atom is 0.145 e. The summed E-state index contributed by atoms with van der Waals surface area (Å²) in [4.78, 5) is 6.33. The molecule has 0 radical (unpaired) electrons. The lowest BCUT2D eigenvalue weighted by Crippen LogP contribution is -2.21. The van der Waals surface area contributed by atoms with Gasteiger partial charge >= 0.3 is 0 Å². The molecule has 1 atom stereocenters. The zero-order chi connectivity index (χ0) is 14.7. The van der Waals surface area contributed by atoms with E-state index in [1.165, 1.54) is 5.56 Å². The number of nitrogens with zero attached hydrogens (tertiary/aromatic N) is 2. The standard InChI is InChI=1S/C17H20N2O2/c1-13-9-14(11-19-8-6-15(20)12-19)4-5-17(13)21-16-3-2-7-18-10-16/h2-5,7,9-10,15,20H,6,8,11-12H2,1H3/t15-/m0/s1. The summed E-state index contributed by atoms with van der Waals surface area (Å²) in [6, 6.07) is 9.99. The molecule has 1 aliphatic heterocycles. The van der Waals surface area contributed by atoms with Crippen LogP contribution in [0.5, 0.6) is 11.5 Å². The molecule has 4 heteroatoms. The zero-order valence-electron chi connectivity index (χ0n) is 12.2. The van der Waals surface area contributed by atoms with Gasteiger partial charge in [-0.3, -0.25) is 9.88 Å². The van der Waals surface area contributed by atoms with Crippen molar-refractivity contribution in [2.24, 2.45) is 0 Å². The molecule has 0 aliphatic carbocycles. The van der Waals surface area contributed by atoms with Gasteiger partial charge in [-0.05, 0) is 42.7 Å². The number of likely N-dealkylation sites (tertiary alicyclic amines) is 1. The first-order valence-electron chi connectivity index (χ1n) is 7.28. The van der Waals surface area contributed by atoms with Crippen LogP contribution in [0.1, 0.15) is 17.5 Å². The molecule has 1 aromatic heterocycles. The fourth-order valence-electron chi connectivity index (χ4n) is 2.67. The Bertz CT molecular complexity index is 601. The van der Waals surface area contributed by atoms with Crippen molar-refractivity contribution in [3.8, 4) is 11.5 Å². The largest absolute Gasteiger partial charge is 0.455 e. The Kier molecular flexibility index (Phi) is 4.18. The van der Waals surface area contributed by atoms with Crippen LogP contribution >= 0.6 is 0 Å². The summed E-state index contributed by atoms with van der Waals surface area (Å²) in [6.07, 6.45) is 4.15. The predicted molar refractivity (Wildman–Crippen MR) is 81.4 cm³/mol. The number of hydrogen-bond donors (Lipinski definition) is 1. The average Bonchev–Trinajstić information content (AvgIpc) is 2.88. The molecule has 2 heterocycles. The van der Waals surface area contributed by atoms with Crippen LogP contribution in [0.3, 0.4) is 0 Å². The van der Waals surface area contributed by atoms with E-state index in [-0.39, 0.29) is 6.10 Å². The first kappa shape index (κ1) is 14.0. The van der Waals surface area contributed by atoms with Gasteiger partial charge in [-0.25, -0.2) is 0 Å². The van der Waals surface area contributed by atoms with Gasteiger partial charge in [-0.15, -0.1) is 0 Å². The van der Waals surface area contributed by atoms with Crippen molar-refractivity contribution in [1.82, 2.24) is 9.88 Å². The Balaban J connectivity index is 1.68. The maximum absolute atomic E-state index is 9.57. The van der Waals surface area contributed by atoms with Crippen molar-refractivity contribution in [1.29, 1.82) is 0 Å². The number of aryl methyl sites for hydroxylation is 1. The molecule has 0 spiro atoms. The predicted octanol–water partition coefficient (Wildman–Crippen LogP) is 2.75. The summed E-state index contributed by atoms with van der Waals surface area (Å²) in [5.74, 6) is 1.60. The van der Waals surface area contributed by atoms with E-state index in [2.05, 4.69) is 22.0 Å². The van der Waals surface area contributed by atoms with Gasteiger partial charge in [-0.2, -0.15) is 0 Å². The Morgan fingerprint density at radius 1 is 1.38 bits per heavy atom. The minimum atomic E-state index is -0.167. The normalized spacial score (nSPS) is 18.9. The van der Waals surface area contributed by atoms with E-state index in [1.807, 2.05) is 25.1 Å². The van der Waals surface area contributed by atoms with E-state index in [0.29, 0.717) is 0 Å². The Hall–Kier alpha value is -1.91. The average molecular weight is 284 g/mol. The maximum atomic E-state index is 9.57. The minimum absolute atomic E-state index is 0.167. The monoisotopic (exact) mass is 284 g/mol. The molecule has 2 aromatic rings. The second-order valence-electron chi connectivity index (χ2n) is 5.57. The van der Waals surface area contributed by atoms with E-state index >= 15 is 0 Å². The van der Waals surface area contributed by atoms with Gasteiger partial charge < -0.3 is 9.84 Å². The second-order valence-corrected chi connectivity index (χ2v) is 5.57. The summed E-state index contributed by atoms with van der Waals surface area (Å²) in [6.45, 7) is 4.67. The van der Waals surface area contributed by atoms with Gasteiger partial charge in [0.2, 0.25) is 0 Å². The fraction of sp³-hybridized carbons (Fsp3) is 0.353. The molecule has 0 amide bonds. The lowest BCUT2D eigenvalue weighted by molar-refractivity contribution is 0.175. The Labute approximate surface area is 125 Å². The fourth-order valence-corrected chi connectivity index (χ4v) is 2.67. The van der Waals surface area contributed by atoms with Gasteiger partial charge in [0.1, 0.15) is 11.5 Å². The van der Waals surface area contributed by atoms with E-state index in [1.54, 1.807) is 12.4 Å². The summed E-state index contributed by atoms with van der Waals surface area (Å²) in [7, 11) is 0. The lowest BCUT2D eigenvalue weighted by atomic mass is 10.1. The van der Waals surface area contributed by atoms with E-state index in [9.17, 15) is 5.11 Å². The molecule has 1 saturated heterocycles. The number of benzene rings is 1. The van der Waals surface area contributed by atoms with Crippen molar-refractivity contribution >= 4 is 0 Å². The third-order valence-electron chi connectivity index (χ3n) is 3.76. The van der Waals surface area contributed by atoms with E-state index in [4.69, 9.17) is 4.74 Å². The molecule has 3 rings (SSSR count). The Morgan fingerprint density at radius 2 is 2.29 bits per heavy atom. The van der Waals surface area contributed by atoms with E-state index in [0.717, 1.165) is 43.1 Å².